The van der Waals surface area contributed by atoms with Gasteiger partial charge in [-0.2, -0.15) is 5.10 Å². The predicted octanol–water partition coefficient (Wildman–Crippen LogP) is 3.09. The molecule has 2 aromatic rings. The second-order valence-corrected chi connectivity index (χ2v) is 7.18. The van der Waals surface area contributed by atoms with E-state index in [9.17, 15) is 0 Å². The molecular weight excluding hydrogens is 371 g/mol. The molecule has 1 aliphatic rings. The molecule has 3 rings (SSSR count). The molecule has 0 fully saturated rings. The number of aryl methyl sites for hydroxylation is 2. The van der Waals surface area contributed by atoms with Gasteiger partial charge in [-0.15, -0.1) is 0 Å². The second kappa shape index (κ2) is 9.24. The van der Waals surface area contributed by atoms with E-state index in [2.05, 4.69) is 27.6 Å². The van der Waals surface area contributed by atoms with Crippen LogP contribution in [0.5, 0.6) is 0 Å². The van der Waals surface area contributed by atoms with Crippen LogP contribution in [0.2, 0.25) is 10.0 Å². The number of benzene rings is 1. The van der Waals surface area contributed by atoms with Gasteiger partial charge in [-0.05, 0) is 43.9 Å². The Morgan fingerprint density at radius 2 is 2.27 bits per heavy atom. The summed E-state index contributed by atoms with van der Waals surface area (Å²) in [7, 11) is 0. The Morgan fingerprint density at radius 1 is 1.38 bits per heavy atom. The first-order valence-corrected chi connectivity index (χ1v) is 9.76. The monoisotopic (exact) mass is 394 g/mol. The fraction of sp³-hybridized carbons (Fsp3) is 0.500. The Labute approximate surface area is 164 Å². The van der Waals surface area contributed by atoms with Crippen molar-refractivity contribution in [3.63, 3.8) is 0 Å². The molecule has 140 valence electrons. The number of hydrogen-bond acceptors (Lipinski definition) is 3. The molecule has 0 amide bonds. The van der Waals surface area contributed by atoms with Crippen LogP contribution >= 0.6 is 23.2 Å². The predicted molar refractivity (Wildman–Crippen MR) is 106 cm³/mol. The number of halogens is 2. The lowest BCUT2D eigenvalue weighted by molar-refractivity contribution is 0.392. The van der Waals surface area contributed by atoms with E-state index in [1.54, 1.807) is 12.4 Å². The second-order valence-electron chi connectivity index (χ2n) is 6.34. The minimum absolute atomic E-state index is 0.313. The zero-order chi connectivity index (χ0) is 18.4. The lowest BCUT2D eigenvalue weighted by Crippen LogP contribution is -2.47. The summed E-state index contributed by atoms with van der Waals surface area (Å²) in [6.45, 7) is 4.45. The average molecular weight is 395 g/mol. The molecule has 26 heavy (non-hydrogen) atoms. The molecule has 8 heteroatoms. The third kappa shape index (κ3) is 5.11. The van der Waals surface area contributed by atoms with Crippen LogP contribution in [0.1, 0.15) is 31.2 Å². The first-order chi connectivity index (χ1) is 12.7. The van der Waals surface area contributed by atoms with Crippen LogP contribution in [0.15, 0.2) is 29.5 Å². The Bertz CT molecular complexity index is 758. The molecule has 1 atom stereocenters. The quantitative estimate of drug-likeness (QED) is 0.448. The Balaban J connectivity index is 1.51. The van der Waals surface area contributed by atoms with Gasteiger partial charge >= 0.3 is 0 Å². The third-order valence-electron chi connectivity index (χ3n) is 4.38. The molecule has 1 aliphatic heterocycles. The van der Waals surface area contributed by atoms with E-state index >= 15 is 0 Å². The van der Waals surface area contributed by atoms with E-state index in [-0.39, 0.29) is 0 Å². The summed E-state index contributed by atoms with van der Waals surface area (Å²) in [4.78, 5) is 8.96. The highest BCUT2D eigenvalue weighted by Crippen LogP contribution is 2.22. The lowest BCUT2D eigenvalue weighted by Gasteiger charge is -2.25. The highest BCUT2D eigenvalue weighted by atomic mass is 35.5. The highest BCUT2D eigenvalue weighted by molar-refractivity contribution is 6.35. The van der Waals surface area contributed by atoms with Crippen LogP contribution in [0.25, 0.3) is 0 Å². The first kappa shape index (κ1) is 19.0. The van der Waals surface area contributed by atoms with Gasteiger partial charge in [0, 0.05) is 35.6 Å². The molecule has 0 aliphatic carbocycles. The van der Waals surface area contributed by atoms with E-state index in [0.29, 0.717) is 11.1 Å². The van der Waals surface area contributed by atoms with Crippen molar-refractivity contribution in [2.24, 2.45) is 4.99 Å². The minimum Gasteiger partial charge on any atom is -0.357 e. The lowest BCUT2D eigenvalue weighted by atomic mass is 10.1. The van der Waals surface area contributed by atoms with Crippen molar-refractivity contribution < 1.29 is 0 Å². The topological polar surface area (TPSA) is 67.1 Å². The van der Waals surface area contributed by atoms with Gasteiger partial charge in [0.25, 0.3) is 0 Å². The molecule has 0 saturated heterocycles. The molecule has 1 aromatic heterocycles. The number of rotatable bonds is 6. The fourth-order valence-electron chi connectivity index (χ4n) is 3.05. The van der Waals surface area contributed by atoms with Crippen LogP contribution in [-0.2, 0) is 19.4 Å². The number of nitrogens with zero attached hydrogens (tertiary/aromatic N) is 4. The standard InChI is InChI=1S/C18H24Cl2N6/c1-2-21-18(25-15-7-8-17-23-12-24-26(17)11-15)22-9-3-4-13-5-6-14(19)10-16(13)20/h5-6,10,12,15H,2-4,7-9,11H2,1H3,(H2,21,22,25). The molecule has 1 unspecified atom stereocenters. The van der Waals surface area contributed by atoms with Gasteiger partial charge in [-0.1, -0.05) is 29.3 Å². The summed E-state index contributed by atoms with van der Waals surface area (Å²) in [6.07, 6.45) is 5.40. The maximum Gasteiger partial charge on any atom is 0.191 e. The highest BCUT2D eigenvalue weighted by Gasteiger charge is 2.20. The maximum absolute atomic E-state index is 6.22. The van der Waals surface area contributed by atoms with Crippen molar-refractivity contribution in [3.8, 4) is 0 Å². The molecular formula is C18H24Cl2N6. The molecule has 0 radical (unpaired) electrons. The normalized spacial score (nSPS) is 17.0. The van der Waals surface area contributed by atoms with E-state index < -0.39 is 0 Å². The Morgan fingerprint density at radius 3 is 3.08 bits per heavy atom. The van der Waals surface area contributed by atoms with Gasteiger partial charge in [-0.3, -0.25) is 4.99 Å². The van der Waals surface area contributed by atoms with E-state index in [1.807, 2.05) is 16.8 Å². The summed E-state index contributed by atoms with van der Waals surface area (Å²) in [6, 6.07) is 5.96. The van der Waals surface area contributed by atoms with Gasteiger partial charge in [-0.25, -0.2) is 9.67 Å². The number of fused-ring (bicyclic) bond motifs is 1. The Hall–Kier alpha value is -1.79. The molecule has 0 spiro atoms. The molecule has 1 aromatic carbocycles. The van der Waals surface area contributed by atoms with Gasteiger partial charge in [0.15, 0.2) is 5.96 Å². The number of hydrogen-bond donors (Lipinski definition) is 2. The summed E-state index contributed by atoms with van der Waals surface area (Å²) >= 11 is 12.2. The van der Waals surface area contributed by atoms with Crippen LogP contribution in [0.4, 0.5) is 0 Å². The van der Waals surface area contributed by atoms with Gasteiger partial charge in [0.2, 0.25) is 0 Å². The SMILES string of the molecule is CCNC(=NCCCc1ccc(Cl)cc1Cl)NC1CCc2ncnn2C1. The van der Waals surface area contributed by atoms with Crippen LogP contribution in [0.3, 0.4) is 0 Å². The van der Waals surface area contributed by atoms with Crippen molar-refractivity contribution in [2.45, 2.75) is 45.2 Å². The largest absolute Gasteiger partial charge is 0.357 e. The Kier molecular flexibility index (Phi) is 6.74. The number of aliphatic imine (C=N–C) groups is 1. The fourth-order valence-corrected chi connectivity index (χ4v) is 3.56. The first-order valence-electron chi connectivity index (χ1n) is 9.01. The number of guanidine groups is 1. The summed E-state index contributed by atoms with van der Waals surface area (Å²) < 4.78 is 1.97. The van der Waals surface area contributed by atoms with Crippen molar-refractivity contribution in [3.05, 3.63) is 46.0 Å². The van der Waals surface area contributed by atoms with E-state index in [4.69, 9.17) is 28.2 Å². The molecule has 0 saturated carbocycles. The van der Waals surface area contributed by atoms with Crippen molar-refractivity contribution >= 4 is 29.2 Å². The molecule has 6 nitrogen and oxygen atoms in total. The number of aromatic nitrogens is 3. The van der Waals surface area contributed by atoms with Crippen molar-refractivity contribution in [1.29, 1.82) is 0 Å². The molecule has 2 N–H and O–H groups in total. The maximum atomic E-state index is 6.22. The zero-order valence-electron chi connectivity index (χ0n) is 14.9. The van der Waals surface area contributed by atoms with Crippen molar-refractivity contribution in [2.75, 3.05) is 13.1 Å². The van der Waals surface area contributed by atoms with Gasteiger partial charge in [0.1, 0.15) is 12.2 Å². The van der Waals surface area contributed by atoms with Crippen LogP contribution in [0, 0.1) is 0 Å². The summed E-state index contributed by atoms with van der Waals surface area (Å²) in [5, 5.41) is 12.5. The van der Waals surface area contributed by atoms with E-state index in [1.165, 1.54) is 0 Å². The molecule has 2 heterocycles. The summed E-state index contributed by atoms with van der Waals surface area (Å²) in [5.74, 6) is 1.91. The summed E-state index contributed by atoms with van der Waals surface area (Å²) in [5.41, 5.74) is 1.11. The number of nitrogens with one attached hydrogen (secondary N) is 2. The van der Waals surface area contributed by atoms with Crippen molar-refractivity contribution in [1.82, 2.24) is 25.4 Å². The average Bonchev–Trinajstić information content (AvgIpc) is 3.08. The van der Waals surface area contributed by atoms with Gasteiger partial charge in [0.05, 0.1) is 6.54 Å². The van der Waals surface area contributed by atoms with Crippen LogP contribution in [-0.4, -0.2) is 39.9 Å². The van der Waals surface area contributed by atoms with E-state index in [0.717, 1.165) is 67.7 Å². The van der Waals surface area contributed by atoms with Gasteiger partial charge < -0.3 is 10.6 Å². The zero-order valence-corrected chi connectivity index (χ0v) is 16.4. The smallest absolute Gasteiger partial charge is 0.191 e. The van der Waals surface area contributed by atoms with Crippen LogP contribution < -0.4 is 10.6 Å². The minimum atomic E-state index is 0.313. The third-order valence-corrected chi connectivity index (χ3v) is 4.97. The molecule has 0 bridgehead atoms.